The molecule has 3 aromatic rings. The Hall–Kier alpha value is -2.63. The third-order valence-corrected chi connectivity index (χ3v) is 4.14. The number of carbonyl (C=O) groups excluding carboxylic acids is 1. The second kappa shape index (κ2) is 4.19. The van der Waals surface area contributed by atoms with Gasteiger partial charge in [0.2, 0.25) is 5.95 Å². The lowest BCUT2D eigenvalue weighted by Crippen LogP contribution is -2.26. The number of nitrogen functional groups attached to an aromatic ring is 1. The van der Waals surface area contributed by atoms with Gasteiger partial charge in [-0.1, -0.05) is 26.0 Å². The van der Waals surface area contributed by atoms with Crippen LogP contribution in [-0.4, -0.2) is 25.5 Å². The lowest BCUT2D eigenvalue weighted by molar-refractivity contribution is 0.0913. The van der Waals surface area contributed by atoms with E-state index in [0.717, 1.165) is 23.1 Å². The minimum absolute atomic E-state index is 0.0612. The first kappa shape index (κ1) is 13.1. The molecule has 0 aliphatic heterocycles. The molecular formula is C16H17N5O. The summed E-state index contributed by atoms with van der Waals surface area (Å²) in [4.78, 5) is 20.1. The molecule has 112 valence electrons. The van der Waals surface area contributed by atoms with Crippen molar-refractivity contribution in [2.45, 2.75) is 26.7 Å². The van der Waals surface area contributed by atoms with Gasteiger partial charge in [-0.3, -0.25) is 4.79 Å². The summed E-state index contributed by atoms with van der Waals surface area (Å²) in [6.07, 6.45) is 1.24. The molecule has 3 N–H and O–H groups in total. The maximum Gasteiger partial charge on any atom is 0.231 e. The molecule has 2 heterocycles. The van der Waals surface area contributed by atoms with E-state index in [2.05, 4.69) is 28.9 Å². The summed E-state index contributed by atoms with van der Waals surface area (Å²) in [7, 11) is 0. The van der Waals surface area contributed by atoms with Crippen molar-refractivity contribution in [1.82, 2.24) is 19.7 Å². The second-order valence-corrected chi connectivity index (χ2v) is 6.64. The molecule has 1 aliphatic rings. The van der Waals surface area contributed by atoms with Crippen LogP contribution in [0.2, 0.25) is 0 Å². The second-order valence-electron chi connectivity index (χ2n) is 6.64. The first-order valence-electron chi connectivity index (χ1n) is 7.30. The number of ketones is 1. The van der Waals surface area contributed by atoms with Gasteiger partial charge >= 0.3 is 0 Å². The Bertz CT molecular complexity index is 870. The fourth-order valence-corrected chi connectivity index (χ4v) is 3.15. The molecular weight excluding hydrogens is 278 g/mol. The molecule has 22 heavy (non-hydrogen) atoms. The van der Waals surface area contributed by atoms with Gasteiger partial charge in [0.05, 0.1) is 22.3 Å². The van der Waals surface area contributed by atoms with Crippen molar-refractivity contribution in [3.8, 4) is 5.95 Å². The minimum Gasteiger partial charge on any atom is -0.383 e. The molecule has 0 amide bonds. The number of hydrogen-bond donors (Lipinski definition) is 2. The van der Waals surface area contributed by atoms with Crippen molar-refractivity contribution in [1.29, 1.82) is 0 Å². The Kier molecular flexibility index (Phi) is 2.49. The number of imidazole rings is 1. The monoisotopic (exact) mass is 295 g/mol. The van der Waals surface area contributed by atoms with Gasteiger partial charge in [-0.2, -0.15) is 9.78 Å². The SMILES string of the molecule is CC1(C)CC(=O)c2c(nn(-c3nc4ccccc4[nH]3)c2N)C1. The predicted molar refractivity (Wildman–Crippen MR) is 84.1 cm³/mol. The number of hydrogen-bond acceptors (Lipinski definition) is 4. The lowest BCUT2D eigenvalue weighted by atomic mass is 9.76. The number of aromatic nitrogens is 4. The van der Waals surface area contributed by atoms with E-state index in [0.29, 0.717) is 23.8 Å². The summed E-state index contributed by atoms with van der Waals surface area (Å²) in [5.41, 5.74) is 9.17. The van der Waals surface area contributed by atoms with Crippen molar-refractivity contribution in [2.75, 3.05) is 5.73 Å². The van der Waals surface area contributed by atoms with E-state index < -0.39 is 0 Å². The fourth-order valence-electron chi connectivity index (χ4n) is 3.15. The number of nitrogens with one attached hydrogen (secondary N) is 1. The standard InChI is InChI=1S/C16H17N5O/c1-16(2)7-11-13(12(22)8-16)14(17)21(20-11)15-18-9-5-3-4-6-10(9)19-15/h3-6H,7-8,17H2,1-2H3,(H,18,19). The maximum absolute atomic E-state index is 12.4. The van der Waals surface area contributed by atoms with Gasteiger partial charge in [-0.25, -0.2) is 4.98 Å². The van der Waals surface area contributed by atoms with Gasteiger partial charge in [-0.05, 0) is 24.0 Å². The molecule has 0 atom stereocenters. The van der Waals surface area contributed by atoms with Crippen molar-refractivity contribution >= 4 is 22.6 Å². The molecule has 2 aromatic heterocycles. The molecule has 1 aliphatic carbocycles. The largest absolute Gasteiger partial charge is 0.383 e. The number of fused-ring (bicyclic) bond motifs is 2. The molecule has 0 fully saturated rings. The highest BCUT2D eigenvalue weighted by Crippen LogP contribution is 2.37. The van der Waals surface area contributed by atoms with Crippen LogP contribution in [0, 0.1) is 5.41 Å². The van der Waals surface area contributed by atoms with Gasteiger partial charge in [-0.15, -0.1) is 0 Å². The molecule has 0 saturated carbocycles. The predicted octanol–water partition coefficient (Wildman–Crippen LogP) is 2.49. The Labute approximate surface area is 127 Å². The van der Waals surface area contributed by atoms with Crippen molar-refractivity contribution in [3.63, 3.8) is 0 Å². The quantitative estimate of drug-likeness (QED) is 0.721. The van der Waals surface area contributed by atoms with Gasteiger partial charge in [0.25, 0.3) is 0 Å². The van der Waals surface area contributed by atoms with Crippen molar-refractivity contribution in [3.05, 3.63) is 35.5 Å². The van der Waals surface area contributed by atoms with E-state index >= 15 is 0 Å². The number of rotatable bonds is 1. The van der Waals surface area contributed by atoms with Crippen LogP contribution in [0.5, 0.6) is 0 Å². The zero-order valence-corrected chi connectivity index (χ0v) is 12.6. The highest BCUT2D eigenvalue weighted by Gasteiger charge is 2.36. The molecule has 0 spiro atoms. The van der Waals surface area contributed by atoms with E-state index in [9.17, 15) is 4.79 Å². The lowest BCUT2D eigenvalue weighted by Gasteiger charge is -2.27. The first-order valence-corrected chi connectivity index (χ1v) is 7.30. The average Bonchev–Trinajstić information content (AvgIpc) is 2.98. The Morgan fingerprint density at radius 3 is 2.82 bits per heavy atom. The summed E-state index contributed by atoms with van der Waals surface area (Å²) in [6, 6.07) is 7.73. The van der Waals surface area contributed by atoms with Crippen LogP contribution in [0.4, 0.5) is 5.82 Å². The van der Waals surface area contributed by atoms with Crippen LogP contribution in [0.25, 0.3) is 17.0 Å². The summed E-state index contributed by atoms with van der Waals surface area (Å²) in [5, 5.41) is 4.54. The van der Waals surface area contributed by atoms with Gasteiger partial charge < -0.3 is 10.7 Å². The molecule has 0 radical (unpaired) electrons. The van der Waals surface area contributed by atoms with E-state index in [1.54, 1.807) is 4.68 Å². The van der Waals surface area contributed by atoms with Crippen molar-refractivity contribution < 1.29 is 4.79 Å². The number of aromatic amines is 1. The fraction of sp³-hybridized carbons (Fsp3) is 0.312. The molecule has 0 unspecified atom stereocenters. The number of H-pyrrole nitrogens is 1. The third kappa shape index (κ3) is 1.83. The smallest absolute Gasteiger partial charge is 0.231 e. The summed E-state index contributed by atoms with van der Waals surface area (Å²) in [5.74, 6) is 0.972. The Morgan fingerprint density at radius 2 is 2.05 bits per heavy atom. The minimum atomic E-state index is -0.0798. The van der Waals surface area contributed by atoms with Gasteiger partial charge in [0, 0.05) is 6.42 Å². The zero-order valence-electron chi connectivity index (χ0n) is 12.6. The highest BCUT2D eigenvalue weighted by molar-refractivity contribution is 6.02. The number of benzene rings is 1. The number of Topliss-reactive ketones (excluding diaryl/α,β-unsaturated/α-hetero) is 1. The zero-order chi connectivity index (χ0) is 15.5. The molecule has 1 aromatic carbocycles. The molecule has 6 heteroatoms. The summed E-state index contributed by atoms with van der Waals surface area (Å²) < 4.78 is 1.55. The average molecular weight is 295 g/mol. The number of anilines is 1. The molecule has 6 nitrogen and oxygen atoms in total. The van der Waals surface area contributed by atoms with Crippen LogP contribution in [0.1, 0.15) is 36.3 Å². The first-order chi connectivity index (χ1) is 10.4. The van der Waals surface area contributed by atoms with Crippen molar-refractivity contribution in [2.24, 2.45) is 5.41 Å². The maximum atomic E-state index is 12.4. The van der Waals surface area contributed by atoms with E-state index in [-0.39, 0.29) is 11.2 Å². The van der Waals surface area contributed by atoms with Crippen LogP contribution < -0.4 is 5.73 Å². The van der Waals surface area contributed by atoms with Crippen LogP contribution in [-0.2, 0) is 6.42 Å². The Morgan fingerprint density at radius 1 is 1.27 bits per heavy atom. The third-order valence-electron chi connectivity index (χ3n) is 4.14. The van der Waals surface area contributed by atoms with E-state index in [1.165, 1.54) is 0 Å². The van der Waals surface area contributed by atoms with Crippen LogP contribution in [0.3, 0.4) is 0 Å². The summed E-state index contributed by atoms with van der Waals surface area (Å²) in [6.45, 7) is 4.15. The number of para-hydroxylation sites is 2. The highest BCUT2D eigenvalue weighted by atomic mass is 16.1. The molecule has 0 saturated heterocycles. The van der Waals surface area contributed by atoms with Gasteiger partial charge in [0.15, 0.2) is 5.78 Å². The number of carbonyl (C=O) groups is 1. The number of nitrogens with zero attached hydrogens (tertiary/aromatic N) is 3. The molecule has 0 bridgehead atoms. The summed E-state index contributed by atoms with van der Waals surface area (Å²) >= 11 is 0. The molecule has 4 rings (SSSR count). The topological polar surface area (TPSA) is 89.6 Å². The normalized spacial score (nSPS) is 16.9. The van der Waals surface area contributed by atoms with Crippen LogP contribution >= 0.6 is 0 Å². The number of nitrogens with two attached hydrogens (primary N) is 1. The van der Waals surface area contributed by atoms with Gasteiger partial charge in [0.1, 0.15) is 5.82 Å². The Balaban J connectivity index is 1.89. The van der Waals surface area contributed by atoms with Crippen LogP contribution in [0.15, 0.2) is 24.3 Å². The van der Waals surface area contributed by atoms with E-state index in [4.69, 9.17) is 5.73 Å². The van der Waals surface area contributed by atoms with E-state index in [1.807, 2.05) is 24.3 Å².